The van der Waals surface area contributed by atoms with E-state index in [4.69, 9.17) is 9.57 Å². The number of anilines is 1. The minimum absolute atomic E-state index is 0.00741. The molecule has 0 N–H and O–H groups in total. The van der Waals surface area contributed by atoms with Crippen molar-refractivity contribution in [3.63, 3.8) is 0 Å². The molecule has 68 valence electrons. The second kappa shape index (κ2) is 3.02. The fraction of sp³-hybridized carbons (Fsp3) is 0.250. The first-order valence-corrected chi connectivity index (χ1v) is 3.78. The summed E-state index contributed by atoms with van der Waals surface area (Å²) in [6, 6.07) is 3.48. The predicted octanol–water partition coefficient (Wildman–Crippen LogP) is 0.368. The third-order valence-electron chi connectivity index (χ3n) is 1.70. The number of hydrogen-bond acceptors (Lipinski definition) is 4. The molecule has 0 atom stereocenters. The Balaban J connectivity index is 2.45. The smallest absolute Gasteiger partial charge is 0.290 e. The van der Waals surface area contributed by atoms with Crippen LogP contribution in [-0.4, -0.2) is 24.6 Å². The van der Waals surface area contributed by atoms with Crippen LogP contribution in [0, 0.1) is 0 Å². The Labute approximate surface area is 74.8 Å². The van der Waals surface area contributed by atoms with Crippen molar-refractivity contribution >= 4 is 11.7 Å². The van der Waals surface area contributed by atoms with Crippen LogP contribution in [0.2, 0.25) is 0 Å². The molecule has 0 unspecified atom stereocenters. The first-order valence-electron chi connectivity index (χ1n) is 3.78. The van der Waals surface area contributed by atoms with Crippen molar-refractivity contribution in [2.24, 2.45) is 0 Å². The van der Waals surface area contributed by atoms with Gasteiger partial charge in [0.25, 0.3) is 5.91 Å². The minimum Gasteiger partial charge on any atom is -0.480 e. The Hall–Kier alpha value is -1.62. The van der Waals surface area contributed by atoms with Crippen molar-refractivity contribution in [2.45, 2.75) is 0 Å². The summed E-state index contributed by atoms with van der Waals surface area (Å²) in [5, 5.41) is 1.12. The third kappa shape index (κ3) is 1.23. The molecule has 0 spiro atoms. The molecule has 0 fully saturated rings. The molecule has 1 aromatic rings. The summed E-state index contributed by atoms with van der Waals surface area (Å²) in [5.74, 6) is 0.707. The number of carbonyl (C=O) groups is 1. The molecule has 2 rings (SSSR count). The maximum Gasteiger partial charge on any atom is 0.290 e. The van der Waals surface area contributed by atoms with Gasteiger partial charge in [0.2, 0.25) is 5.82 Å². The van der Waals surface area contributed by atoms with E-state index >= 15 is 0 Å². The Kier molecular flexibility index (Phi) is 1.86. The van der Waals surface area contributed by atoms with Gasteiger partial charge in [-0.1, -0.05) is 0 Å². The van der Waals surface area contributed by atoms with Crippen LogP contribution in [0.4, 0.5) is 5.82 Å². The highest BCUT2D eigenvalue weighted by molar-refractivity contribution is 5.94. The number of nitrogens with zero attached hydrogens (tertiary/aromatic N) is 2. The Bertz CT molecular complexity index is 340. The highest BCUT2D eigenvalue weighted by atomic mass is 16.7. The van der Waals surface area contributed by atoms with E-state index in [1.165, 1.54) is 7.11 Å². The van der Waals surface area contributed by atoms with Crippen molar-refractivity contribution in [3.8, 4) is 5.75 Å². The van der Waals surface area contributed by atoms with Crippen LogP contribution >= 0.6 is 0 Å². The van der Waals surface area contributed by atoms with Gasteiger partial charge in [0.05, 0.1) is 7.11 Å². The fourth-order valence-corrected chi connectivity index (χ4v) is 1.15. The van der Waals surface area contributed by atoms with Crippen LogP contribution < -0.4 is 9.80 Å². The number of rotatable bonds is 1. The van der Waals surface area contributed by atoms with Crippen molar-refractivity contribution < 1.29 is 14.4 Å². The summed E-state index contributed by atoms with van der Waals surface area (Å²) in [4.78, 5) is 20.1. The number of aromatic nitrogens is 1. The van der Waals surface area contributed by atoms with Gasteiger partial charge in [-0.3, -0.25) is 9.63 Å². The van der Waals surface area contributed by atoms with Crippen LogP contribution in [0.1, 0.15) is 0 Å². The Morgan fingerprint density at radius 1 is 1.69 bits per heavy atom. The molecule has 0 aliphatic carbocycles. The average Bonchev–Trinajstić information content (AvgIpc) is 2.18. The lowest BCUT2D eigenvalue weighted by molar-refractivity contribution is -0.128. The van der Waals surface area contributed by atoms with Crippen molar-refractivity contribution in [3.05, 3.63) is 18.3 Å². The summed E-state index contributed by atoms with van der Waals surface area (Å²) in [6.45, 7) is -0.00741. The van der Waals surface area contributed by atoms with Crippen LogP contribution in [-0.2, 0) is 9.63 Å². The molecular formula is C8H8N2O3. The van der Waals surface area contributed by atoms with E-state index in [9.17, 15) is 4.79 Å². The molecule has 0 aromatic carbocycles. The lowest BCUT2D eigenvalue weighted by Crippen LogP contribution is -2.38. The monoisotopic (exact) mass is 180 g/mol. The molecule has 5 nitrogen and oxygen atoms in total. The van der Waals surface area contributed by atoms with E-state index in [-0.39, 0.29) is 12.5 Å². The second-order valence-electron chi connectivity index (χ2n) is 2.48. The van der Waals surface area contributed by atoms with Gasteiger partial charge in [-0.25, -0.2) is 4.98 Å². The summed E-state index contributed by atoms with van der Waals surface area (Å²) < 4.78 is 5.13. The van der Waals surface area contributed by atoms with Crippen molar-refractivity contribution in [2.75, 3.05) is 18.8 Å². The van der Waals surface area contributed by atoms with Crippen molar-refractivity contribution in [1.82, 2.24) is 4.98 Å². The molecule has 0 radical (unpaired) electrons. The van der Waals surface area contributed by atoms with Gasteiger partial charge >= 0.3 is 0 Å². The quantitative estimate of drug-likeness (QED) is 0.626. The zero-order chi connectivity index (χ0) is 9.26. The molecule has 1 aliphatic heterocycles. The number of hydroxylamine groups is 1. The standard InChI is InChI=1S/C8H8N2O3/c1-12-10-7(11)5-13-6-3-2-4-9-8(6)10/h2-4H,5H2,1H3. The summed E-state index contributed by atoms with van der Waals surface area (Å²) in [5.41, 5.74) is 0. The molecule has 5 heteroatoms. The summed E-state index contributed by atoms with van der Waals surface area (Å²) in [6.07, 6.45) is 1.58. The highest BCUT2D eigenvalue weighted by Gasteiger charge is 2.26. The summed E-state index contributed by atoms with van der Waals surface area (Å²) >= 11 is 0. The largest absolute Gasteiger partial charge is 0.480 e. The van der Waals surface area contributed by atoms with Gasteiger partial charge in [0.15, 0.2) is 12.4 Å². The van der Waals surface area contributed by atoms with Crippen LogP contribution in [0.25, 0.3) is 0 Å². The number of fused-ring (bicyclic) bond motifs is 1. The SMILES string of the molecule is CON1C(=O)COc2cccnc21. The third-order valence-corrected chi connectivity index (χ3v) is 1.70. The van der Waals surface area contributed by atoms with E-state index < -0.39 is 0 Å². The van der Waals surface area contributed by atoms with Gasteiger partial charge in [-0.05, 0) is 12.1 Å². The molecular weight excluding hydrogens is 172 g/mol. The molecule has 0 saturated carbocycles. The van der Waals surface area contributed by atoms with E-state index in [1.807, 2.05) is 0 Å². The zero-order valence-electron chi connectivity index (χ0n) is 7.06. The highest BCUT2D eigenvalue weighted by Crippen LogP contribution is 2.28. The van der Waals surface area contributed by atoms with Crippen LogP contribution in [0.15, 0.2) is 18.3 Å². The van der Waals surface area contributed by atoms with Gasteiger partial charge in [0.1, 0.15) is 0 Å². The number of amides is 1. The predicted molar refractivity (Wildman–Crippen MR) is 44.2 cm³/mol. The Morgan fingerprint density at radius 2 is 2.54 bits per heavy atom. The van der Waals surface area contributed by atoms with Gasteiger partial charge in [-0.15, -0.1) is 0 Å². The molecule has 13 heavy (non-hydrogen) atoms. The minimum atomic E-state index is -0.256. The Morgan fingerprint density at radius 3 is 3.31 bits per heavy atom. The lowest BCUT2D eigenvalue weighted by atomic mass is 10.4. The first-order chi connectivity index (χ1) is 6.33. The fourth-order valence-electron chi connectivity index (χ4n) is 1.15. The molecule has 0 bridgehead atoms. The second-order valence-corrected chi connectivity index (χ2v) is 2.48. The molecule has 1 amide bonds. The molecule has 0 saturated heterocycles. The normalized spacial score (nSPS) is 15.2. The van der Waals surface area contributed by atoms with E-state index in [0.717, 1.165) is 5.06 Å². The maximum atomic E-state index is 11.2. The topological polar surface area (TPSA) is 51.7 Å². The molecule has 1 aromatic heterocycles. The zero-order valence-corrected chi connectivity index (χ0v) is 7.06. The van der Waals surface area contributed by atoms with E-state index in [1.54, 1.807) is 18.3 Å². The van der Waals surface area contributed by atoms with E-state index in [2.05, 4.69) is 4.98 Å². The molecule has 2 heterocycles. The number of carbonyl (C=O) groups excluding carboxylic acids is 1. The van der Waals surface area contributed by atoms with E-state index in [0.29, 0.717) is 11.6 Å². The lowest BCUT2D eigenvalue weighted by Gasteiger charge is -2.25. The number of ether oxygens (including phenoxy) is 1. The molecule has 1 aliphatic rings. The van der Waals surface area contributed by atoms with Crippen LogP contribution in [0.3, 0.4) is 0 Å². The maximum absolute atomic E-state index is 11.2. The van der Waals surface area contributed by atoms with Crippen molar-refractivity contribution in [1.29, 1.82) is 0 Å². The first kappa shape index (κ1) is 8.00. The van der Waals surface area contributed by atoms with Gasteiger partial charge in [-0.2, -0.15) is 5.06 Å². The number of hydrogen-bond donors (Lipinski definition) is 0. The van der Waals surface area contributed by atoms with Crippen LogP contribution in [0.5, 0.6) is 5.75 Å². The number of pyridine rings is 1. The summed E-state index contributed by atoms with van der Waals surface area (Å²) in [7, 11) is 1.42. The van der Waals surface area contributed by atoms with Gasteiger partial charge < -0.3 is 4.74 Å². The van der Waals surface area contributed by atoms with Gasteiger partial charge in [0, 0.05) is 6.20 Å². The average molecular weight is 180 g/mol.